The molecular formula is C9H5IN2O2. The summed E-state index contributed by atoms with van der Waals surface area (Å²) in [6.07, 6.45) is 0.575. The van der Waals surface area contributed by atoms with Crippen molar-refractivity contribution in [2.24, 2.45) is 5.73 Å². The molecule has 0 unspecified atom stereocenters. The van der Waals surface area contributed by atoms with Gasteiger partial charge in [0.05, 0.1) is 17.2 Å². The van der Waals surface area contributed by atoms with Crippen molar-refractivity contribution < 1.29 is 9.59 Å². The number of hydrogen-bond acceptors (Lipinski definition) is 3. The molecule has 4 nitrogen and oxygen atoms in total. The standard InChI is InChI=1S/C9H5IN2O2/c10-8-2-6(4-13)5(3-11)1-7(8)9(12)14/h1-2,4H,(H2,12,14). The van der Waals surface area contributed by atoms with Gasteiger partial charge in [0.1, 0.15) is 0 Å². The molecular weight excluding hydrogens is 295 g/mol. The molecule has 0 saturated carbocycles. The monoisotopic (exact) mass is 300 g/mol. The number of carbonyl (C=O) groups is 2. The number of nitrogens with two attached hydrogens (primary N) is 1. The average Bonchev–Trinajstić information content (AvgIpc) is 2.16. The maximum atomic E-state index is 10.9. The highest BCUT2D eigenvalue weighted by molar-refractivity contribution is 14.1. The van der Waals surface area contributed by atoms with E-state index in [1.54, 1.807) is 0 Å². The zero-order valence-electron chi connectivity index (χ0n) is 6.95. The summed E-state index contributed by atoms with van der Waals surface area (Å²) in [6, 6.07) is 4.62. The zero-order chi connectivity index (χ0) is 10.7. The van der Waals surface area contributed by atoms with Crippen molar-refractivity contribution in [1.29, 1.82) is 5.26 Å². The molecule has 1 aromatic rings. The van der Waals surface area contributed by atoms with E-state index in [4.69, 9.17) is 11.0 Å². The van der Waals surface area contributed by atoms with E-state index in [0.717, 1.165) is 0 Å². The Morgan fingerprint density at radius 3 is 2.64 bits per heavy atom. The van der Waals surface area contributed by atoms with E-state index in [9.17, 15) is 9.59 Å². The van der Waals surface area contributed by atoms with Crippen LogP contribution in [0.15, 0.2) is 12.1 Å². The van der Waals surface area contributed by atoms with Crippen LogP contribution in [0.1, 0.15) is 26.3 Å². The van der Waals surface area contributed by atoms with Crippen molar-refractivity contribution in [3.05, 3.63) is 32.4 Å². The molecule has 0 saturated heterocycles. The van der Waals surface area contributed by atoms with Crippen LogP contribution >= 0.6 is 22.6 Å². The van der Waals surface area contributed by atoms with Gasteiger partial charge in [-0.25, -0.2) is 0 Å². The minimum Gasteiger partial charge on any atom is -0.366 e. The first-order valence-corrected chi connectivity index (χ1v) is 4.66. The molecule has 0 aliphatic heterocycles. The molecule has 1 rings (SSSR count). The molecule has 0 bridgehead atoms. The Hall–Kier alpha value is -1.42. The van der Waals surface area contributed by atoms with Gasteiger partial charge in [-0.3, -0.25) is 9.59 Å². The van der Waals surface area contributed by atoms with E-state index in [0.29, 0.717) is 9.86 Å². The number of hydrogen-bond donors (Lipinski definition) is 1. The Kier molecular flexibility index (Phi) is 3.19. The molecule has 0 aliphatic carbocycles. The fourth-order valence-electron chi connectivity index (χ4n) is 0.972. The normalized spacial score (nSPS) is 9.14. The summed E-state index contributed by atoms with van der Waals surface area (Å²) in [5.41, 5.74) is 5.77. The summed E-state index contributed by atoms with van der Waals surface area (Å²) in [4.78, 5) is 21.5. The van der Waals surface area contributed by atoms with Crippen LogP contribution in [0.25, 0.3) is 0 Å². The number of nitriles is 1. The number of aldehydes is 1. The maximum Gasteiger partial charge on any atom is 0.249 e. The smallest absolute Gasteiger partial charge is 0.249 e. The number of primary amides is 1. The van der Waals surface area contributed by atoms with Gasteiger partial charge >= 0.3 is 0 Å². The zero-order valence-corrected chi connectivity index (χ0v) is 9.11. The number of benzene rings is 1. The van der Waals surface area contributed by atoms with Crippen molar-refractivity contribution >= 4 is 34.8 Å². The molecule has 0 spiro atoms. The van der Waals surface area contributed by atoms with E-state index in [2.05, 4.69) is 0 Å². The highest BCUT2D eigenvalue weighted by Crippen LogP contribution is 2.17. The van der Waals surface area contributed by atoms with E-state index in [1.165, 1.54) is 12.1 Å². The van der Waals surface area contributed by atoms with Crippen LogP contribution in [-0.4, -0.2) is 12.2 Å². The number of halogens is 1. The minimum atomic E-state index is -0.608. The number of carbonyl (C=O) groups excluding carboxylic acids is 2. The topological polar surface area (TPSA) is 83.9 Å². The van der Waals surface area contributed by atoms with Gasteiger partial charge < -0.3 is 5.73 Å². The first-order valence-electron chi connectivity index (χ1n) is 3.58. The van der Waals surface area contributed by atoms with E-state index >= 15 is 0 Å². The molecule has 0 aliphatic rings. The lowest BCUT2D eigenvalue weighted by Gasteiger charge is -2.02. The Morgan fingerprint density at radius 2 is 2.21 bits per heavy atom. The SMILES string of the molecule is N#Cc1cc(C(N)=O)c(I)cc1C=O. The molecule has 14 heavy (non-hydrogen) atoms. The fraction of sp³-hybridized carbons (Fsp3) is 0. The second kappa shape index (κ2) is 4.19. The lowest BCUT2D eigenvalue weighted by molar-refractivity contribution is 0.0998. The fourth-order valence-corrected chi connectivity index (χ4v) is 1.73. The predicted molar refractivity (Wildman–Crippen MR) is 57.8 cm³/mol. The van der Waals surface area contributed by atoms with Crippen LogP contribution < -0.4 is 5.73 Å². The van der Waals surface area contributed by atoms with Crippen LogP contribution in [0.5, 0.6) is 0 Å². The number of amides is 1. The highest BCUT2D eigenvalue weighted by atomic mass is 127. The molecule has 0 atom stereocenters. The molecule has 70 valence electrons. The van der Waals surface area contributed by atoms with Crippen LogP contribution in [0.2, 0.25) is 0 Å². The van der Waals surface area contributed by atoms with Crippen LogP contribution in [0.3, 0.4) is 0 Å². The first kappa shape index (κ1) is 10.7. The number of rotatable bonds is 2. The van der Waals surface area contributed by atoms with E-state index in [1.807, 2.05) is 28.7 Å². The molecule has 5 heteroatoms. The van der Waals surface area contributed by atoms with Gasteiger partial charge in [-0.15, -0.1) is 0 Å². The van der Waals surface area contributed by atoms with Gasteiger partial charge in [0.25, 0.3) is 0 Å². The molecule has 1 amide bonds. The number of nitrogens with zero attached hydrogens (tertiary/aromatic N) is 1. The Morgan fingerprint density at radius 1 is 1.57 bits per heavy atom. The Bertz CT molecular complexity index is 449. The van der Waals surface area contributed by atoms with Gasteiger partial charge in [-0.2, -0.15) is 5.26 Å². The third-order valence-corrected chi connectivity index (χ3v) is 2.54. The second-order valence-electron chi connectivity index (χ2n) is 2.51. The Balaban J connectivity index is 3.47. The van der Waals surface area contributed by atoms with Gasteiger partial charge in [0, 0.05) is 9.13 Å². The van der Waals surface area contributed by atoms with Gasteiger partial charge in [-0.1, -0.05) is 0 Å². The summed E-state index contributed by atoms with van der Waals surface area (Å²) in [7, 11) is 0. The van der Waals surface area contributed by atoms with Crippen molar-refractivity contribution in [3.8, 4) is 6.07 Å². The van der Waals surface area contributed by atoms with Gasteiger partial charge in [0.15, 0.2) is 6.29 Å². The third kappa shape index (κ3) is 1.90. The van der Waals surface area contributed by atoms with Crippen LogP contribution in [0.4, 0.5) is 0 Å². The lowest BCUT2D eigenvalue weighted by Crippen LogP contribution is -2.13. The lowest BCUT2D eigenvalue weighted by atomic mass is 10.1. The van der Waals surface area contributed by atoms with Gasteiger partial charge in [0.2, 0.25) is 5.91 Å². The summed E-state index contributed by atoms with van der Waals surface area (Å²) in [6.45, 7) is 0. The summed E-state index contributed by atoms with van der Waals surface area (Å²) in [5, 5.41) is 8.68. The predicted octanol–water partition coefficient (Wildman–Crippen LogP) is 1.07. The molecule has 0 heterocycles. The maximum absolute atomic E-state index is 10.9. The highest BCUT2D eigenvalue weighted by Gasteiger charge is 2.11. The first-order chi connectivity index (χ1) is 6.60. The van der Waals surface area contributed by atoms with Crippen LogP contribution in [0, 0.1) is 14.9 Å². The molecule has 2 N–H and O–H groups in total. The summed E-state index contributed by atoms with van der Waals surface area (Å²) >= 11 is 1.89. The Labute approximate surface area is 93.8 Å². The van der Waals surface area contributed by atoms with Gasteiger partial charge in [-0.05, 0) is 34.7 Å². The summed E-state index contributed by atoms with van der Waals surface area (Å²) in [5.74, 6) is -0.608. The van der Waals surface area contributed by atoms with Crippen LogP contribution in [-0.2, 0) is 0 Å². The molecule has 0 fully saturated rings. The summed E-state index contributed by atoms with van der Waals surface area (Å²) < 4.78 is 0.566. The largest absolute Gasteiger partial charge is 0.366 e. The third-order valence-electron chi connectivity index (χ3n) is 1.65. The molecule has 0 radical (unpaired) electrons. The average molecular weight is 300 g/mol. The van der Waals surface area contributed by atoms with Crippen molar-refractivity contribution in [2.75, 3.05) is 0 Å². The van der Waals surface area contributed by atoms with E-state index in [-0.39, 0.29) is 16.7 Å². The second-order valence-corrected chi connectivity index (χ2v) is 3.68. The van der Waals surface area contributed by atoms with Crippen molar-refractivity contribution in [3.63, 3.8) is 0 Å². The minimum absolute atomic E-state index is 0.161. The van der Waals surface area contributed by atoms with E-state index < -0.39 is 5.91 Å². The molecule has 1 aromatic carbocycles. The quantitative estimate of drug-likeness (QED) is 0.655. The molecule has 0 aromatic heterocycles. The van der Waals surface area contributed by atoms with Crippen molar-refractivity contribution in [1.82, 2.24) is 0 Å². The van der Waals surface area contributed by atoms with Crippen molar-refractivity contribution in [2.45, 2.75) is 0 Å².